The van der Waals surface area contributed by atoms with Crippen LogP contribution in [0.15, 0.2) is 24.3 Å². The normalized spacial score (nSPS) is 22.8. The topological polar surface area (TPSA) is 41.1 Å². The Bertz CT molecular complexity index is 405. The van der Waals surface area contributed by atoms with E-state index in [1.54, 1.807) is 0 Å². The molecule has 0 aliphatic heterocycles. The zero-order chi connectivity index (χ0) is 13.7. The SMILES string of the molecule is CCNc1ccc(C(=O)NC2CCC(C)CC2)cc1. The highest BCUT2D eigenvalue weighted by molar-refractivity contribution is 5.94. The van der Waals surface area contributed by atoms with Gasteiger partial charge in [0.15, 0.2) is 0 Å². The average molecular weight is 260 g/mol. The lowest BCUT2D eigenvalue weighted by Gasteiger charge is -2.26. The van der Waals surface area contributed by atoms with Crippen molar-refractivity contribution in [2.45, 2.75) is 45.6 Å². The van der Waals surface area contributed by atoms with Crippen molar-refractivity contribution in [2.75, 3.05) is 11.9 Å². The molecule has 2 N–H and O–H groups in total. The van der Waals surface area contributed by atoms with Gasteiger partial charge in [-0.05, 0) is 62.8 Å². The van der Waals surface area contributed by atoms with E-state index in [1.807, 2.05) is 24.3 Å². The average Bonchev–Trinajstić information content (AvgIpc) is 2.42. The van der Waals surface area contributed by atoms with E-state index in [4.69, 9.17) is 0 Å². The van der Waals surface area contributed by atoms with Crippen molar-refractivity contribution in [3.63, 3.8) is 0 Å². The standard InChI is InChI=1S/C16H24N2O/c1-3-17-14-10-6-13(7-11-14)16(19)18-15-8-4-12(2)5-9-15/h6-7,10-12,15,17H,3-5,8-9H2,1-2H3,(H,18,19). The van der Waals surface area contributed by atoms with E-state index in [1.165, 1.54) is 12.8 Å². The Morgan fingerprint density at radius 2 is 1.79 bits per heavy atom. The van der Waals surface area contributed by atoms with Gasteiger partial charge in [0.1, 0.15) is 0 Å². The number of carbonyl (C=O) groups excluding carboxylic acids is 1. The second kappa shape index (κ2) is 6.60. The van der Waals surface area contributed by atoms with E-state index in [0.717, 1.165) is 36.6 Å². The Balaban J connectivity index is 1.88. The van der Waals surface area contributed by atoms with E-state index in [9.17, 15) is 4.79 Å². The maximum atomic E-state index is 12.1. The highest BCUT2D eigenvalue weighted by Crippen LogP contribution is 2.23. The van der Waals surface area contributed by atoms with Crippen LogP contribution >= 0.6 is 0 Å². The molecule has 2 rings (SSSR count). The summed E-state index contributed by atoms with van der Waals surface area (Å²) in [5.74, 6) is 0.871. The molecule has 19 heavy (non-hydrogen) atoms. The zero-order valence-electron chi connectivity index (χ0n) is 11.9. The monoisotopic (exact) mass is 260 g/mol. The van der Waals surface area contributed by atoms with Crippen molar-refractivity contribution in [3.05, 3.63) is 29.8 Å². The van der Waals surface area contributed by atoms with Crippen LogP contribution in [0.3, 0.4) is 0 Å². The molecule has 1 aromatic rings. The minimum absolute atomic E-state index is 0.0580. The fraction of sp³-hybridized carbons (Fsp3) is 0.562. The lowest BCUT2D eigenvalue weighted by molar-refractivity contribution is 0.0923. The number of rotatable bonds is 4. The fourth-order valence-corrected chi connectivity index (χ4v) is 2.62. The fourth-order valence-electron chi connectivity index (χ4n) is 2.62. The third-order valence-corrected chi connectivity index (χ3v) is 3.88. The van der Waals surface area contributed by atoms with Crippen LogP contribution in [0.1, 0.15) is 49.9 Å². The molecule has 1 fully saturated rings. The van der Waals surface area contributed by atoms with E-state index in [0.29, 0.717) is 6.04 Å². The Morgan fingerprint density at radius 3 is 2.37 bits per heavy atom. The van der Waals surface area contributed by atoms with Crippen LogP contribution in [0.25, 0.3) is 0 Å². The molecule has 0 radical (unpaired) electrons. The predicted molar refractivity (Wildman–Crippen MR) is 79.5 cm³/mol. The first-order valence-electron chi connectivity index (χ1n) is 7.34. The van der Waals surface area contributed by atoms with Gasteiger partial charge in [-0.15, -0.1) is 0 Å². The van der Waals surface area contributed by atoms with Crippen LogP contribution in [-0.4, -0.2) is 18.5 Å². The van der Waals surface area contributed by atoms with Crippen LogP contribution in [0.2, 0.25) is 0 Å². The Labute approximate surface area is 115 Å². The Kier molecular flexibility index (Phi) is 4.83. The van der Waals surface area contributed by atoms with Crippen molar-refractivity contribution in [1.29, 1.82) is 0 Å². The van der Waals surface area contributed by atoms with Gasteiger partial charge < -0.3 is 10.6 Å². The van der Waals surface area contributed by atoms with Crippen molar-refractivity contribution < 1.29 is 4.79 Å². The molecule has 0 unspecified atom stereocenters. The summed E-state index contributed by atoms with van der Waals surface area (Å²) < 4.78 is 0. The number of nitrogens with one attached hydrogen (secondary N) is 2. The number of amides is 1. The van der Waals surface area contributed by atoms with Crippen molar-refractivity contribution >= 4 is 11.6 Å². The van der Waals surface area contributed by atoms with Crippen LogP contribution in [0, 0.1) is 5.92 Å². The molecule has 1 aliphatic carbocycles. The van der Waals surface area contributed by atoms with Gasteiger partial charge in [-0.1, -0.05) is 6.92 Å². The molecule has 3 heteroatoms. The summed E-state index contributed by atoms with van der Waals surface area (Å²) in [5.41, 5.74) is 1.81. The predicted octanol–water partition coefficient (Wildman–Crippen LogP) is 3.43. The maximum Gasteiger partial charge on any atom is 0.251 e. The first kappa shape index (κ1) is 13.9. The lowest BCUT2D eigenvalue weighted by atomic mass is 9.87. The molecule has 0 bridgehead atoms. The van der Waals surface area contributed by atoms with Gasteiger partial charge in [0, 0.05) is 23.8 Å². The van der Waals surface area contributed by atoms with E-state index in [-0.39, 0.29) is 5.91 Å². The molecule has 1 amide bonds. The lowest BCUT2D eigenvalue weighted by Crippen LogP contribution is -2.37. The molecular formula is C16H24N2O. The number of anilines is 1. The molecule has 0 saturated heterocycles. The van der Waals surface area contributed by atoms with Crippen LogP contribution < -0.4 is 10.6 Å². The quantitative estimate of drug-likeness (QED) is 0.871. The van der Waals surface area contributed by atoms with Gasteiger partial charge in [0.2, 0.25) is 0 Å². The third-order valence-electron chi connectivity index (χ3n) is 3.88. The van der Waals surface area contributed by atoms with Gasteiger partial charge in [-0.25, -0.2) is 0 Å². The molecule has 1 aliphatic rings. The molecule has 0 spiro atoms. The highest BCUT2D eigenvalue weighted by atomic mass is 16.1. The van der Waals surface area contributed by atoms with E-state index < -0.39 is 0 Å². The molecule has 1 aromatic carbocycles. The van der Waals surface area contributed by atoms with Gasteiger partial charge in [0.25, 0.3) is 5.91 Å². The van der Waals surface area contributed by atoms with Gasteiger partial charge in [0.05, 0.1) is 0 Å². The van der Waals surface area contributed by atoms with Gasteiger partial charge >= 0.3 is 0 Å². The molecule has 3 nitrogen and oxygen atoms in total. The molecule has 1 saturated carbocycles. The van der Waals surface area contributed by atoms with Crippen LogP contribution in [-0.2, 0) is 0 Å². The van der Waals surface area contributed by atoms with Crippen molar-refractivity contribution in [1.82, 2.24) is 5.32 Å². The third kappa shape index (κ3) is 3.98. The molecule has 104 valence electrons. The second-order valence-corrected chi connectivity index (χ2v) is 5.54. The minimum Gasteiger partial charge on any atom is -0.385 e. The number of carbonyl (C=O) groups is 1. The smallest absolute Gasteiger partial charge is 0.251 e. The van der Waals surface area contributed by atoms with Crippen LogP contribution in [0.5, 0.6) is 0 Å². The van der Waals surface area contributed by atoms with E-state index >= 15 is 0 Å². The molecule has 0 aromatic heterocycles. The summed E-state index contributed by atoms with van der Waals surface area (Å²) in [7, 11) is 0. The highest BCUT2D eigenvalue weighted by Gasteiger charge is 2.20. The van der Waals surface area contributed by atoms with Gasteiger partial charge in [-0.3, -0.25) is 4.79 Å². The number of hydrogen-bond acceptors (Lipinski definition) is 2. The van der Waals surface area contributed by atoms with Crippen molar-refractivity contribution in [3.8, 4) is 0 Å². The zero-order valence-corrected chi connectivity index (χ0v) is 11.9. The Hall–Kier alpha value is -1.51. The second-order valence-electron chi connectivity index (χ2n) is 5.54. The van der Waals surface area contributed by atoms with E-state index in [2.05, 4.69) is 24.5 Å². The first-order valence-corrected chi connectivity index (χ1v) is 7.34. The van der Waals surface area contributed by atoms with Crippen LogP contribution in [0.4, 0.5) is 5.69 Å². The minimum atomic E-state index is 0.0580. The molecule has 0 heterocycles. The summed E-state index contributed by atoms with van der Waals surface area (Å²) in [6.45, 7) is 5.24. The number of hydrogen-bond donors (Lipinski definition) is 2. The first-order chi connectivity index (χ1) is 9.19. The summed E-state index contributed by atoms with van der Waals surface area (Å²) in [6, 6.07) is 8.05. The van der Waals surface area contributed by atoms with Gasteiger partial charge in [-0.2, -0.15) is 0 Å². The summed E-state index contributed by atoms with van der Waals surface area (Å²) in [4.78, 5) is 12.1. The molecular weight excluding hydrogens is 236 g/mol. The summed E-state index contributed by atoms with van der Waals surface area (Å²) in [5, 5.41) is 6.38. The number of benzene rings is 1. The Morgan fingerprint density at radius 1 is 1.16 bits per heavy atom. The largest absolute Gasteiger partial charge is 0.385 e. The maximum absolute atomic E-state index is 12.1. The summed E-state index contributed by atoms with van der Waals surface area (Å²) in [6.07, 6.45) is 4.68. The molecule has 0 atom stereocenters. The summed E-state index contributed by atoms with van der Waals surface area (Å²) >= 11 is 0. The van der Waals surface area contributed by atoms with Crippen molar-refractivity contribution in [2.24, 2.45) is 5.92 Å².